The lowest BCUT2D eigenvalue weighted by Crippen LogP contribution is -2.28. The van der Waals surface area contributed by atoms with Gasteiger partial charge in [-0.1, -0.05) is 13.0 Å². The number of anilines is 1. The number of rotatable bonds is 2. The largest absolute Gasteiger partial charge is 0.478 e. The van der Waals surface area contributed by atoms with E-state index in [0.717, 1.165) is 17.8 Å². The zero-order valence-electron chi connectivity index (χ0n) is 9.90. The van der Waals surface area contributed by atoms with Gasteiger partial charge in [0.15, 0.2) is 0 Å². The first kappa shape index (κ1) is 11.0. The first-order valence-corrected chi connectivity index (χ1v) is 5.65. The zero-order chi connectivity index (χ0) is 11.9. The molecular weight excluding hydrogens is 202 g/mol. The zero-order valence-corrected chi connectivity index (χ0v) is 9.90. The summed E-state index contributed by atoms with van der Waals surface area (Å²) in [5, 5.41) is 9.17. The number of carboxylic acid groups (broad SMARTS) is 1. The van der Waals surface area contributed by atoms with Crippen molar-refractivity contribution in [1.29, 1.82) is 0 Å². The van der Waals surface area contributed by atoms with Crippen LogP contribution in [0, 0.1) is 0 Å². The van der Waals surface area contributed by atoms with Crippen molar-refractivity contribution < 1.29 is 9.90 Å². The molecule has 0 amide bonds. The van der Waals surface area contributed by atoms with Gasteiger partial charge in [0.25, 0.3) is 0 Å². The molecule has 0 aliphatic carbocycles. The second kappa shape index (κ2) is 3.81. The molecule has 0 spiro atoms. The van der Waals surface area contributed by atoms with E-state index >= 15 is 0 Å². The third-order valence-electron chi connectivity index (χ3n) is 3.21. The minimum atomic E-state index is -0.825. The van der Waals surface area contributed by atoms with Crippen LogP contribution in [0.2, 0.25) is 0 Å². The Morgan fingerprint density at radius 2 is 2.19 bits per heavy atom. The molecule has 86 valence electrons. The topological polar surface area (TPSA) is 40.5 Å². The summed E-state index contributed by atoms with van der Waals surface area (Å²) in [6.07, 6.45) is 0. The molecule has 3 nitrogen and oxygen atoms in total. The minimum absolute atomic E-state index is 0.296. The summed E-state index contributed by atoms with van der Waals surface area (Å²) in [5.41, 5.74) is 2.53. The van der Waals surface area contributed by atoms with Crippen molar-refractivity contribution in [3.05, 3.63) is 29.3 Å². The van der Waals surface area contributed by atoms with Gasteiger partial charge >= 0.3 is 5.97 Å². The lowest BCUT2D eigenvalue weighted by molar-refractivity contribution is 0.0695. The van der Waals surface area contributed by atoms with Gasteiger partial charge in [-0.25, -0.2) is 4.79 Å². The molecule has 2 rings (SSSR count). The summed E-state index contributed by atoms with van der Waals surface area (Å²) in [5.74, 6) is -0.529. The number of nitrogens with zero attached hydrogens (tertiary/aromatic N) is 1. The highest BCUT2D eigenvalue weighted by atomic mass is 16.4. The van der Waals surface area contributed by atoms with Gasteiger partial charge in [0.1, 0.15) is 0 Å². The Labute approximate surface area is 95.7 Å². The van der Waals surface area contributed by atoms with Gasteiger partial charge in [0, 0.05) is 24.2 Å². The number of carboxylic acids is 1. The van der Waals surface area contributed by atoms with Crippen LogP contribution in [0.5, 0.6) is 0 Å². The third kappa shape index (κ3) is 1.56. The van der Waals surface area contributed by atoms with Gasteiger partial charge in [-0.3, -0.25) is 0 Å². The Morgan fingerprint density at radius 1 is 1.50 bits per heavy atom. The molecule has 0 saturated heterocycles. The average molecular weight is 219 g/mol. The lowest BCUT2D eigenvalue weighted by Gasteiger charge is -2.24. The summed E-state index contributed by atoms with van der Waals surface area (Å²) >= 11 is 0. The first-order valence-electron chi connectivity index (χ1n) is 5.65. The monoisotopic (exact) mass is 219 g/mol. The normalized spacial score (nSPS) is 19.0. The summed E-state index contributed by atoms with van der Waals surface area (Å²) in [6, 6.07) is 5.95. The second-order valence-corrected chi connectivity index (χ2v) is 4.69. The van der Waals surface area contributed by atoms with E-state index in [0.29, 0.717) is 17.5 Å². The molecule has 1 N–H and O–H groups in total. The fourth-order valence-electron chi connectivity index (χ4n) is 2.48. The van der Waals surface area contributed by atoms with Crippen molar-refractivity contribution in [3.8, 4) is 0 Å². The summed E-state index contributed by atoms with van der Waals surface area (Å²) < 4.78 is 0. The van der Waals surface area contributed by atoms with Crippen LogP contribution in [-0.4, -0.2) is 23.7 Å². The average Bonchev–Trinajstić information content (AvgIpc) is 2.56. The highest BCUT2D eigenvalue weighted by Gasteiger charge is 2.30. The van der Waals surface area contributed by atoms with Crippen LogP contribution >= 0.6 is 0 Å². The van der Waals surface area contributed by atoms with Crippen molar-refractivity contribution in [1.82, 2.24) is 0 Å². The van der Waals surface area contributed by atoms with Gasteiger partial charge < -0.3 is 10.0 Å². The maximum Gasteiger partial charge on any atom is 0.336 e. The molecule has 1 aromatic carbocycles. The Hall–Kier alpha value is -1.51. The molecule has 0 bridgehead atoms. The highest BCUT2D eigenvalue weighted by Crippen LogP contribution is 2.39. The van der Waals surface area contributed by atoms with Gasteiger partial charge in [0.2, 0.25) is 0 Å². The quantitative estimate of drug-likeness (QED) is 0.831. The van der Waals surface area contributed by atoms with E-state index < -0.39 is 5.97 Å². The van der Waals surface area contributed by atoms with Gasteiger partial charge in [-0.05, 0) is 31.5 Å². The molecule has 0 fully saturated rings. The molecule has 0 radical (unpaired) electrons. The van der Waals surface area contributed by atoms with E-state index in [9.17, 15) is 9.90 Å². The third-order valence-corrected chi connectivity index (χ3v) is 3.21. The molecule has 3 heteroatoms. The Bertz CT molecular complexity index is 426. The van der Waals surface area contributed by atoms with Gasteiger partial charge in [-0.2, -0.15) is 0 Å². The van der Waals surface area contributed by atoms with E-state index in [4.69, 9.17) is 0 Å². The van der Waals surface area contributed by atoms with Crippen molar-refractivity contribution in [2.24, 2.45) is 0 Å². The molecule has 1 aromatic rings. The standard InChI is InChI=1S/C13H17NO2/c1-8(2)14-7-9(3)12-10(13(15)16)5-4-6-11(12)14/h4-6,8-9H,7H2,1-3H3,(H,15,16). The molecule has 1 unspecified atom stereocenters. The van der Waals surface area contributed by atoms with Gasteiger partial charge in [-0.15, -0.1) is 0 Å². The molecule has 1 atom stereocenters. The number of fused-ring (bicyclic) bond motifs is 1. The summed E-state index contributed by atoms with van der Waals surface area (Å²) in [4.78, 5) is 13.4. The predicted molar refractivity (Wildman–Crippen MR) is 64.3 cm³/mol. The Kier molecular flexibility index (Phi) is 2.62. The molecule has 1 aliphatic rings. The van der Waals surface area contributed by atoms with Crippen LogP contribution in [0.15, 0.2) is 18.2 Å². The molecule has 1 aliphatic heterocycles. The maximum absolute atomic E-state index is 11.2. The number of benzene rings is 1. The van der Waals surface area contributed by atoms with E-state index in [2.05, 4.69) is 25.7 Å². The molecule has 0 aromatic heterocycles. The van der Waals surface area contributed by atoms with E-state index in [1.165, 1.54) is 0 Å². The SMILES string of the molecule is CC1CN(C(C)C)c2cccc(C(=O)O)c21. The predicted octanol–water partition coefficient (Wildman–Crippen LogP) is 2.72. The maximum atomic E-state index is 11.2. The smallest absolute Gasteiger partial charge is 0.336 e. The number of carbonyl (C=O) groups is 1. The minimum Gasteiger partial charge on any atom is -0.478 e. The van der Waals surface area contributed by atoms with E-state index in [1.807, 2.05) is 12.1 Å². The fraction of sp³-hybridized carbons (Fsp3) is 0.462. The molecule has 1 heterocycles. The van der Waals surface area contributed by atoms with Crippen molar-refractivity contribution in [2.75, 3.05) is 11.4 Å². The van der Waals surface area contributed by atoms with Crippen LogP contribution < -0.4 is 4.90 Å². The van der Waals surface area contributed by atoms with Crippen LogP contribution in [0.3, 0.4) is 0 Å². The van der Waals surface area contributed by atoms with E-state index in [1.54, 1.807) is 6.07 Å². The number of hydrogen-bond donors (Lipinski definition) is 1. The van der Waals surface area contributed by atoms with Crippen molar-refractivity contribution in [2.45, 2.75) is 32.7 Å². The highest BCUT2D eigenvalue weighted by molar-refractivity contribution is 5.92. The van der Waals surface area contributed by atoms with Crippen LogP contribution in [0.1, 0.15) is 42.6 Å². The number of aromatic carboxylic acids is 1. The van der Waals surface area contributed by atoms with Gasteiger partial charge in [0.05, 0.1) is 5.56 Å². The van der Waals surface area contributed by atoms with Crippen LogP contribution in [0.4, 0.5) is 5.69 Å². The number of hydrogen-bond acceptors (Lipinski definition) is 2. The van der Waals surface area contributed by atoms with Crippen molar-refractivity contribution in [3.63, 3.8) is 0 Å². The first-order chi connectivity index (χ1) is 7.52. The molecule has 0 saturated carbocycles. The van der Waals surface area contributed by atoms with E-state index in [-0.39, 0.29) is 0 Å². The lowest BCUT2D eigenvalue weighted by atomic mass is 9.97. The summed E-state index contributed by atoms with van der Waals surface area (Å²) in [6.45, 7) is 7.27. The van der Waals surface area contributed by atoms with Crippen molar-refractivity contribution >= 4 is 11.7 Å². The Morgan fingerprint density at radius 3 is 2.75 bits per heavy atom. The second-order valence-electron chi connectivity index (χ2n) is 4.69. The molecular formula is C13H17NO2. The Balaban J connectivity index is 2.55. The van der Waals surface area contributed by atoms with Crippen LogP contribution in [0.25, 0.3) is 0 Å². The fourth-order valence-corrected chi connectivity index (χ4v) is 2.48. The summed E-state index contributed by atoms with van der Waals surface area (Å²) in [7, 11) is 0. The van der Waals surface area contributed by atoms with Crippen LogP contribution in [-0.2, 0) is 0 Å². The molecule has 16 heavy (non-hydrogen) atoms.